The van der Waals surface area contributed by atoms with E-state index >= 15 is 0 Å². The van der Waals surface area contributed by atoms with Crippen LogP contribution in [0.2, 0.25) is 0 Å². The van der Waals surface area contributed by atoms with E-state index in [1.54, 1.807) is 6.08 Å². The molecule has 1 aromatic heterocycles. The van der Waals surface area contributed by atoms with Crippen molar-refractivity contribution in [2.24, 2.45) is 0 Å². The van der Waals surface area contributed by atoms with E-state index in [9.17, 15) is 4.79 Å². The summed E-state index contributed by atoms with van der Waals surface area (Å²) in [7, 11) is 0. The number of carbonyl (C=O) groups excluding carboxylic acids is 1. The molecule has 1 aromatic carbocycles. The van der Waals surface area contributed by atoms with Crippen LogP contribution in [0, 0.1) is 0 Å². The van der Waals surface area contributed by atoms with Gasteiger partial charge in [-0.1, -0.05) is 17.8 Å². The summed E-state index contributed by atoms with van der Waals surface area (Å²) in [5.41, 5.74) is 2.01. The van der Waals surface area contributed by atoms with Gasteiger partial charge in [-0.25, -0.2) is 4.98 Å². The van der Waals surface area contributed by atoms with Crippen LogP contribution in [0.25, 0.3) is 11.3 Å². The van der Waals surface area contributed by atoms with Crippen molar-refractivity contribution in [3.63, 3.8) is 0 Å². The van der Waals surface area contributed by atoms with Crippen molar-refractivity contribution >= 4 is 17.7 Å². The van der Waals surface area contributed by atoms with E-state index in [1.807, 2.05) is 24.4 Å². The number of aromatic nitrogens is 2. The highest BCUT2D eigenvalue weighted by Crippen LogP contribution is 2.35. The normalized spacial score (nSPS) is 12.7. The maximum absolute atomic E-state index is 11.8. The molecule has 0 radical (unpaired) electrons. The molecule has 0 aliphatic carbocycles. The molecule has 1 aliphatic heterocycles. The molecule has 1 amide bonds. The standard InChI is InChI=1S/C18H21N3O3S/c1-3-7-19-17(22)12-25-18-20-11-14(21(18)4-2)13-5-6-15-16(10-13)24-9-8-23-15/h3,5-6,10-11H,1,4,7-9,12H2,2H3,(H,19,22). The molecule has 2 aromatic rings. The second-order valence-corrected chi connectivity index (χ2v) is 6.35. The zero-order valence-electron chi connectivity index (χ0n) is 14.2. The lowest BCUT2D eigenvalue weighted by Gasteiger charge is -2.19. The van der Waals surface area contributed by atoms with Gasteiger partial charge in [-0.05, 0) is 25.1 Å². The van der Waals surface area contributed by atoms with Gasteiger partial charge in [0.25, 0.3) is 0 Å². The van der Waals surface area contributed by atoms with Crippen LogP contribution in [-0.4, -0.2) is 41.0 Å². The molecule has 0 fully saturated rings. The van der Waals surface area contributed by atoms with Crippen LogP contribution in [0.4, 0.5) is 0 Å². The minimum atomic E-state index is -0.0311. The fraction of sp³-hybridized carbons (Fsp3) is 0.333. The molecule has 1 aliphatic rings. The van der Waals surface area contributed by atoms with Crippen molar-refractivity contribution in [2.45, 2.75) is 18.6 Å². The van der Waals surface area contributed by atoms with Crippen molar-refractivity contribution in [3.05, 3.63) is 37.1 Å². The van der Waals surface area contributed by atoms with Crippen molar-refractivity contribution in [1.29, 1.82) is 0 Å². The van der Waals surface area contributed by atoms with E-state index in [2.05, 4.69) is 28.4 Å². The van der Waals surface area contributed by atoms with Crippen LogP contribution >= 0.6 is 11.8 Å². The highest BCUT2D eigenvalue weighted by Gasteiger charge is 2.16. The SMILES string of the molecule is C=CCNC(=O)CSc1ncc(-c2ccc3c(c2)OCCO3)n1CC. The Bertz CT molecular complexity index is 773. The van der Waals surface area contributed by atoms with Crippen LogP contribution in [0.1, 0.15) is 6.92 Å². The Morgan fingerprint density at radius 1 is 1.40 bits per heavy atom. The fourth-order valence-electron chi connectivity index (χ4n) is 2.58. The fourth-order valence-corrected chi connectivity index (χ4v) is 3.45. The zero-order valence-corrected chi connectivity index (χ0v) is 15.0. The van der Waals surface area contributed by atoms with Crippen LogP contribution in [0.15, 0.2) is 42.2 Å². The van der Waals surface area contributed by atoms with Crippen LogP contribution < -0.4 is 14.8 Å². The summed E-state index contributed by atoms with van der Waals surface area (Å²) in [4.78, 5) is 16.2. The van der Waals surface area contributed by atoms with Gasteiger partial charge in [0.15, 0.2) is 16.7 Å². The number of amides is 1. The molecule has 132 valence electrons. The topological polar surface area (TPSA) is 65.4 Å². The first-order valence-electron chi connectivity index (χ1n) is 8.19. The maximum Gasteiger partial charge on any atom is 0.230 e. The third-order valence-electron chi connectivity index (χ3n) is 3.75. The largest absolute Gasteiger partial charge is 0.486 e. The number of benzene rings is 1. The minimum Gasteiger partial charge on any atom is -0.486 e. The molecular formula is C18H21N3O3S. The van der Waals surface area contributed by atoms with E-state index in [4.69, 9.17) is 9.47 Å². The first-order valence-corrected chi connectivity index (χ1v) is 9.17. The van der Waals surface area contributed by atoms with Gasteiger partial charge in [0.05, 0.1) is 17.6 Å². The van der Waals surface area contributed by atoms with Crippen LogP contribution in [0.3, 0.4) is 0 Å². The van der Waals surface area contributed by atoms with Gasteiger partial charge in [0.2, 0.25) is 5.91 Å². The van der Waals surface area contributed by atoms with E-state index < -0.39 is 0 Å². The summed E-state index contributed by atoms with van der Waals surface area (Å²) in [5.74, 6) is 1.82. The number of ether oxygens (including phenoxy) is 2. The molecule has 0 unspecified atom stereocenters. The Morgan fingerprint density at radius 3 is 2.96 bits per heavy atom. The lowest BCUT2D eigenvalue weighted by molar-refractivity contribution is -0.118. The summed E-state index contributed by atoms with van der Waals surface area (Å²) in [6.45, 7) is 8.03. The van der Waals surface area contributed by atoms with Gasteiger partial charge >= 0.3 is 0 Å². The number of fused-ring (bicyclic) bond motifs is 1. The molecule has 1 N–H and O–H groups in total. The number of hydrogen-bond donors (Lipinski definition) is 1. The number of nitrogens with zero attached hydrogens (tertiary/aromatic N) is 2. The summed E-state index contributed by atoms with van der Waals surface area (Å²) in [5, 5.41) is 3.59. The lowest BCUT2D eigenvalue weighted by atomic mass is 10.1. The Balaban J connectivity index is 1.78. The highest BCUT2D eigenvalue weighted by molar-refractivity contribution is 7.99. The van der Waals surface area contributed by atoms with E-state index in [1.165, 1.54) is 11.8 Å². The maximum atomic E-state index is 11.8. The Kier molecular flexibility index (Phi) is 5.65. The van der Waals surface area contributed by atoms with Gasteiger partial charge in [0, 0.05) is 18.7 Å². The quantitative estimate of drug-likeness (QED) is 0.608. The first kappa shape index (κ1) is 17.4. The Labute approximate surface area is 151 Å². The van der Waals surface area contributed by atoms with Crippen molar-refractivity contribution in [2.75, 3.05) is 25.5 Å². The molecular weight excluding hydrogens is 338 g/mol. The average Bonchev–Trinajstić information content (AvgIpc) is 3.07. The molecule has 2 heterocycles. The van der Waals surface area contributed by atoms with Crippen LogP contribution in [-0.2, 0) is 11.3 Å². The molecule has 6 nitrogen and oxygen atoms in total. The number of hydrogen-bond acceptors (Lipinski definition) is 5. The number of imidazole rings is 1. The number of carbonyl (C=O) groups is 1. The molecule has 0 saturated heterocycles. The van der Waals surface area contributed by atoms with Gasteiger partial charge in [-0.15, -0.1) is 6.58 Å². The predicted octanol–water partition coefficient (Wildman–Crippen LogP) is 2.74. The van der Waals surface area contributed by atoms with Crippen molar-refractivity contribution < 1.29 is 14.3 Å². The molecule has 3 rings (SSSR count). The second-order valence-electron chi connectivity index (χ2n) is 5.41. The molecule has 0 bridgehead atoms. The summed E-state index contributed by atoms with van der Waals surface area (Å²) in [6.07, 6.45) is 3.49. The van der Waals surface area contributed by atoms with Gasteiger partial charge in [-0.3, -0.25) is 4.79 Å². The van der Waals surface area contributed by atoms with Crippen LogP contribution in [0.5, 0.6) is 11.5 Å². The predicted molar refractivity (Wildman–Crippen MR) is 98.3 cm³/mol. The number of nitrogens with one attached hydrogen (secondary N) is 1. The lowest BCUT2D eigenvalue weighted by Crippen LogP contribution is -2.25. The molecule has 0 spiro atoms. The number of rotatable bonds is 7. The van der Waals surface area contributed by atoms with Gasteiger partial charge < -0.3 is 19.4 Å². The van der Waals surface area contributed by atoms with E-state index in [0.717, 1.165) is 34.5 Å². The van der Waals surface area contributed by atoms with Gasteiger partial charge in [0.1, 0.15) is 13.2 Å². The molecule has 0 atom stereocenters. The zero-order chi connectivity index (χ0) is 17.6. The molecule has 7 heteroatoms. The van der Waals surface area contributed by atoms with Crippen molar-refractivity contribution in [1.82, 2.24) is 14.9 Å². The third kappa shape index (κ3) is 3.99. The average molecular weight is 359 g/mol. The summed E-state index contributed by atoms with van der Waals surface area (Å²) in [6, 6.07) is 5.90. The van der Waals surface area contributed by atoms with Gasteiger partial charge in [-0.2, -0.15) is 0 Å². The van der Waals surface area contributed by atoms with E-state index in [-0.39, 0.29) is 5.91 Å². The summed E-state index contributed by atoms with van der Waals surface area (Å²) >= 11 is 1.42. The smallest absolute Gasteiger partial charge is 0.230 e. The molecule has 0 saturated carbocycles. The first-order chi connectivity index (χ1) is 12.2. The minimum absolute atomic E-state index is 0.0311. The third-order valence-corrected chi connectivity index (χ3v) is 4.74. The molecule has 25 heavy (non-hydrogen) atoms. The number of thioether (sulfide) groups is 1. The van der Waals surface area contributed by atoms with Crippen molar-refractivity contribution in [3.8, 4) is 22.8 Å². The summed E-state index contributed by atoms with van der Waals surface area (Å²) < 4.78 is 13.3. The monoisotopic (exact) mass is 359 g/mol. The van der Waals surface area contributed by atoms with E-state index in [0.29, 0.717) is 25.5 Å². The second kappa shape index (κ2) is 8.11. The Hall–Kier alpha value is -2.41. The Morgan fingerprint density at radius 2 is 2.20 bits per heavy atom. The highest BCUT2D eigenvalue weighted by atomic mass is 32.2.